The molecular weight excluding hydrogens is 338 g/mol. The minimum atomic E-state index is 0.446. The first-order chi connectivity index (χ1) is 9.56. The van der Waals surface area contributed by atoms with Crippen molar-refractivity contribution in [2.75, 3.05) is 6.61 Å². The molecule has 106 valence electrons. The first-order valence-electron chi connectivity index (χ1n) is 6.02. The summed E-state index contributed by atoms with van der Waals surface area (Å²) in [5.74, 6) is 0. The lowest BCUT2D eigenvalue weighted by atomic mass is 10.1. The van der Waals surface area contributed by atoms with Gasteiger partial charge in [0.1, 0.15) is 0 Å². The third-order valence-electron chi connectivity index (χ3n) is 2.80. The van der Waals surface area contributed by atoms with Crippen LogP contribution in [0.2, 0.25) is 20.1 Å². The maximum atomic E-state index is 6.09. The molecule has 0 bridgehead atoms. The summed E-state index contributed by atoms with van der Waals surface area (Å²) >= 11 is 23.8. The van der Waals surface area contributed by atoms with Gasteiger partial charge in [-0.1, -0.05) is 58.5 Å². The third kappa shape index (κ3) is 4.54. The normalized spacial score (nSPS) is 10.8. The Morgan fingerprint density at radius 1 is 0.750 bits per heavy atom. The van der Waals surface area contributed by atoms with E-state index in [4.69, 9.17) is 51.1 Å². The highest BCUT2D eigenvalue weighted by Crippen LogP contribution is 2.23. The lowest BCUT2D eigenvalue weighted by Gasteiger charge is -2.08. The van der Waals surface area contributed by atoms with Crippen molar-refractivity contribution in [1.29, 1.82) is 0 Å². The predicted molar refractivity (Wildman–Crippen MR) is 86.3 cm³/mol. The van der Waals surface area contributed by atoms with Crippen molar-refractivity contribution in [2.45, 2.75) is 13.0 Å². The highest BCUT2D eigenvalue weighted by molar-refractivity contribution is 6.35. The molecule has 2 rings (SSSR count). The Labute approximate surface area is 138 Å². The van der Waals surface area contributed by atoms with Crippen LogP contribution < -0.4 is 0 Å². The van der Waals surface area contributed by atoms with Crippen LogP contribution >= 0.6 is 46.4 Å². The zero-order valence-electron chi connectivity index (χ0n) is 10.5. The standard InChI is InChI=1S/C15H12Cl4O/c16-12-3-1-10(14(18)7-12)5-6-20-9-11-2-4-13(17)8-15(11)19/h1-4,7-8H,5-6,9H2. The maximum absolute atomic E-state index is 6.09. The molecule has 0 heterocycles. The summed E-state index contributed by atoms with van der Waals surface area (Å²) in [6.07, 6.45) is 0.723. The minimum Gasteiger partial charge on any atom is -0.376 e. The fraction of sp³-hybridized carbons (Fsp3) is 0.200. The molecule has 0 unspecified atom stereocenters. The number of halogens is 4. The zero-order valence-corrected chi connectivity index (χ0v) is 13.5. The summed E-state index contributed by atoms with van der Waals surface area (Å²) in [4.78, 5) is 0. The predicted octanol–water partition coefficient (Wildman–Crippen LogP) is 6.06. The van der Waals surface area contributed by atoms with E-state index >= 15 is 0 Å². The van der Waals surface area contributed by atoms with E-state index in [1.165, 1.54) is 0 Å². The number of rotatable bonds is 5. The van der Waals surface area contributed by atoms with Crippen molar-refractivity contribution in [3.8, 4) is 0 Å². The van der Waals surface area contributed by atoms with Crippen LogP contribution in [0.5, 0.6) is 0 Å². The molecule has 20 heavy (non-hydrogen) atoms. The van der Waals surface area contributed by atoms with E-state index in [1.807, 2.05) is 18.2 Å². The summed E-state index contributed by atoms with van der Waals surface area (Å²) in [6, 6.07) is 10.8. The highest BCUT2D eigenvalue weighted by atomic mass is 35.5. The van der Waals surface area contributed by atoms with Gasteiger partial charge in [0, 0.05) is 20.1 Å². The van der Waals surface area contributed by atoms with E-state index in [-0.39, 0.29) is 0 Å². The molecule has 0 aliphatic heterocycles. The molecule has 0 atom stereocenters. The maximum Gasteiger partial charge on any atom is 0.0731 e. The first-order valence-corrected chi connectivity index (χ1v) is 7.53. The van der Waals surface area contributed by atoms with Crippen molar-refractivity contribution in [1.82, 2.24) is 0 Å². The van der Waals surface area contributed by atoms with Gasteiger partial charge in [0.15, 0.2) is 0 Å². The van der Waals surface area contributed by atoms with Gasteiger partial charge in [-0.15, -0.1) is 0 Å². The highest BCUT2D eigenvalue weighted by Gasteiger charge is 2.04. The van der Waals surface area contributed by atoms with Gasteiger partial charge in [0.2, 0.25) is 0 Å². The fourth-order valence-corrected chi connectivity index (χ4v) is 2.69. The SMILES string of the molecule is Clc1ccc(CCOCc2ccc(Cl)cc2Cl)c(Cl)c1. The third-order valence-corrected chi connectivity index (χ3v) is 3.98. The average Bonchev–Trinajstić information content (AvgIpc) is 2.39. The van der Waals surface area contributed by atoms with E-state index in [0.717, 1.165) is 17.5 Å². The van der Waals surface area contributed by atoms with E-state index in [9.17, 15) is 0 Å². The van der Waals surface area contributed by atoms with Gasteiger partial charge in [0.05, 0.1) is 13.2 Å². The summed E-state index contributed by atoms with van der Waals surface area (Å²) < 4.78 is 5.61. The number of hydrogen-bond acceptors (Lipinski definition) is 1. The Balaban J connectivity index is 1.84. The van der Waals surface area contributed by atoms with Gasteiger partial charge in [-0.2, -0.15) is 0 Å². The summed E-state index contributed by atoms with van der Waals surface area (Å²) in [5.41, 5.74) is 1.93. The van der Waals surface area contributed by atoms with Crippen molar-refractivity contribution in [3.05, 3.63) is 67.6 Å². The molecule has 1 nitrogen and oxygen atoms in total. The van der Waals surface area contributed by atoms with Gasteiger partial charge in [-0.05, 0) is 41.8 Å². The quantitative estimate of drug-likeness (QED) is 0.596. The summed E-state index contributed by atoms with van der Waals surface area (Å²) in [7, 11) is 0. The van der Waals surface area contributed by atoms with E-state index in [1.54, 1.807) is 18.2 Å². The van der Waals surface area contributed by atoms with Gasteiger partial charge in [-0.3, -0.25) is 0 Å². The molecule has 0 spiro atoms. The van der Waals surface area contributed by atoms with Crippen LogP contribution in [0.25, 0.3) is 0 Å². The summed E-state index contributed by atoms with van der Waals surface area (Å²) in [6.45, 7) is 1.00. The second kappa shape index (κ2) is 7.53. The van der Waals surface area contributed by atoms with E-state index in [0.29, 0.717) is 33.3 Å². The fourth-order valence-electron chi connectivity index (χ4n) is 1.73. The number of benzene rings is 2. The molecule has 0 aromatic heterocycles. The largest absolute Gasteiger partial charge is 0.376 e. The smallest absolute Gasteiger partial charge is 0.0731 e. The molecule has 0 saturated heterocycles. The van der Waals surface area contributed by atoms with E-state index < -0.39 is 0 Å². The van der Waals surface area contributed by atoms with Crippen LogP contribution in [0.4, 0.5) is 0 Å². The van der Waals surface area contributed by atoms with Crippen LogP contribution in [0.3, 0.4) is 0 Å². The van der Waals surface area contributed by atoms with Gasteiger partial charge in [-0.25, -0.2) is 0 Å². The Morgan fingerprint density at radius 2 is 1.30 bits per heavy atom. The zero-order chi connectivity index (χ0) is 14.5. The first kappa shape index (κ1) is 15.9. The van der Waals surface area contributed by atoms with Crippen molar-refractivity contribution >= 4 is 46.4 Å². The molecular formula is C15H12Cl4O. The molecule has 0 aliphatic rings. The van der Waals surface area contributed by atoms with Crippen LogP contribution in [0, 0.1) is 0 Å². The Kier molecular flexibility index (Phi) is 6.01. The molecule has 0 amide bonds. The Morgan fingerprint density at radius 3 is 1.85 bits per heavy atom. The minimum absolute atomic E-state index is 0.446. The van der Waals surface area contributed by atoms with E-state index in [2.05, 4.69) is 0 Å². The second-order valence-electron chi connectivity index (χ2n) is 4.27. The second-order valence-corrected chi connectivity index (χ2v) is 5.96. The topological polar surface area (TPSA) is 9.23 Å². The summed E-state index contributed by atoms with van der Waals surface area (Å²) in [5, 5.41) is 2.52. The lowest BCUT2D eigenvalue weighted by Crippen LogP contribution is -2.00. The molecule has 0 saturated carbocycles. The molecule has 0 N–H and O–H groups in total. The Bertz CT molecular complexity index is 545. The van der Waals surface area contributed by atoms with Crippen molar-refractivity contribution in [2.24, 2.45) is 0 Å². The van der Waals surface area contributed by atoms with Crippen LogP contribution in [0.1, 0.15) is 11.1 Å². The lowest BCUT2D eigenvalue weighted by molar-refractivity contribution is 0.124. The van der Waals surface area contributed by atoms with Gasteiger partial charge >= 0.3 is 0 Å². The molecule has 0 aliphatic carbocycles. The van der Waals surface area contributed by atoms with Crippen LogP contribution in [-0.2, 0) is 17.8 Å². The monoisotopic (exact) mass is 348 g/mol. The van der Waals surface area contributed by atoms with Crippen LogP contribution in [-0.4, -0.2) is 6.61 Å². The molecule has 5 heteroatoms. The van der Waals surface area contributed by atoms with Crippen LogP contribution in [0.15, 0.2) is 36.4 Å². The molecule has 0 fully saturated rings. The molecule has 2 aromatic carbocycles. The van der Waals surface area contributed by atoms with Crippen molar-refractivity contribution < 1.29 is 4.74 Å². The molecule has 2 aromatic rings. The van der Waals surface area contributed by atoms with Gasteiger partial charge in [0.25, 0.3) is 0 Å². The van der Waals surface area contributed by atoms with Gasteiger partial charge < -0.3 is 4.74 Å². The number of hydrogen-bond donors (Lipinski definition) is 0. The Hall–Kier alpha value is -0.440. The number of ether oxygens (including phenoxy) is 1. The molecule has 0 radical (unpaired) electrons. The average molecular weight is 350 g/mol. The van der Waals surface area contributed by atoms with Crippen molar-refractivity contribution in [3.63, 3.8) is 0 Å².